The van der Waals surface area contributed by atoms with Crippen molar-refractivity contribution in [2.24, 2.45) is 11.8 Å². The summed E-state index contributed by atoms with van der Waals surface area (Å²) in [6.07, 6.45) is 2.71. The zero-order valence-corrected chi connectivity index (χ0v) is 18.8. The molecule has 1 aromatic carbocycles. The van der Waals surface area contributed by atoms with Crippen LogP contribution in [0.1, 0.15) is 38.3 Å². The number of nitrogens with zero attached hydrogens (tertiary/aromatic N) is 1. The van der Waals surface area contributed by atoms with Crippen LogP contribution in [0, 0.1) is 18.8 Å². The van der Waals surface area contributed by atoms with Gasteiger partial charge in [0.05, 0.1) is 17.5 Å². The first-order valence-electron chi connectivity index (χ1n) is 9.81. The molecule has 6 nitrogen and oxygen atoms in total. The molecule has 0 radical (unpaired) electrons. The second kappa shape index (κ2) is 6.72. The van der Waals surface area contributed by atoms with Gasteiger partial charge in [-0.2, -0.15) is 11.8 Å². The standard InChI is InChI=1S/C21H26ClN3O3S/c1-10-12(22)7-6-11-16(10)23-19(28)21(11)15-14(13(24-21)8-9-29-5)17(26)25(18(15)27)20(2,3)4/h6-7,13-15,24H,8-9H2,1-5H3,(H,23,28). The fourth-order valence-corrected chi connectivity index (χ4v) is 5.79. The van der Waals surface area contributed by atoms with Crippen LogP contribution >= 0.6 is 23.4 Å². The lowest BCUT2D eigenvalue weighted by atomic mass is 9.76. The van der Waals surface area contributed by atoms with Gasteiger partial charge in [0.1, 0.15) is 5.54 Å². The fourth-order valence-electron chi connectivity index (χ4n) is 5.14. The summed E-state index contributed by atoms with van der Waals surface area (Å²) in [7, 11) is 0. The first kappa shape index (κ1) is 20.7. The fraction of sp³-hybridized carbons (Fsp3) is 0.571. The van der Waals surface area contributed by atoms with Gasteiger partial charge in [0.25, 0.3) is 0 Å². The Morgan fingerprint density at radius 3 is 2.52 bits per heavy atom. The summed E-state index contributed by atoms with van der Waals surface area (Å²) in [5.41, 5.74) is 0.240. The largest absolute Gasteiger partial charge is 0.324 e. The first-order chi connectivity index (χ1) is 13.6. The Labute approximate surface area is 180 Å². The molecule has 2 fully saturated rings. The van der Waals surface area contributed by atoms with E-state index < -0.39 is 22.9 Å². The van der Waals surface area contributed by atoms with Gasteiger partial charge >= 0.3 is 0 Å². The van der Waals surface area contributed by atoms with Gasteiger partial charge < -0.3 is 5.32 Å². The number of anilines is 1. The quantitative estimate of drug-likeness (QED) is 0.714. The van der Waals surface area contributed by atoms with E-state index in [4.69, 9.17) is 11.6 Å². The summed E-state index contributed by atoms with van der Waals surface area (Å²) in [5.74, 6) is -1.22. The maximum absolute atomic E-state index is 13.6. The number of likely N-dealkylation sites (tertiary alicyclic amines) is 1. The van der Waals surface area contributed by atoms with Gasteiger partial charge in [0.2, 0.25) is 17.7 Å². The number of carbonyl (C=O) groups is 3. The number of carbonyl (C=O) groups excluding carboxylic acids is 3. The van der Waals surface area contributed by atoms with Crippen molar-refractivity contribution in [2.45, 2.75) is 51.2 Å². The van der Waals surface area contributed by atoms with Crippen molar-refractivity contribution < 1.29 is 14.4 Å². The van der Waals surface area contributed by atoms with Crippen LogP contribution in [0.3, 0.4) is 0 Å². The van der Waals surface area contributed by atoms with Gasteiger partial charge in [-0.15, -0.1) is 0 Å². The van der Waals surface area contributed by atoms with Crippen LogP contribution in [0.25, 0.3) is 0 Å². The molecule has 29 heavy (non-hydrogen) atoms. The smallest absolute Gasteiger partial charge is 0.250 e. The van der Waals surface area contributed by atoms with Gasteiger partial charge in [-0.25, -0.2) is 0 Å². The van der Waals surface area contributed by atoms with Gasteiger partial charge in [0, 0.05) is 22.2 Å². The lowest BCUT2D eigenvalue weighted by Crippen LogP contribution is -2.55. The molecule has 4 atom stereocenters. The number of amides is 3. The minimum Gasteiger partial charge on any atom is -0.324 e. The number of imide groups is 1. The molecule has 2 saturated heterocycles. The summed E-state index contributed by atoms with van der Waals surface area (Å²) in [5, 5.41) is 6.95. The third-order valence-electron chi connectivity index (χ3n) is 6.39. The van der Waals surface area contributed by atoms with E-state index in [0.29, 0.717) is 22.7 Å². The summed E-state index contributed by atoms with van der Waals surface area (Å²) in [4.78, 5) is 41.7. The number of thioether (sulfide) groups is 1. The second-order valence-electron chi connectivity index (χ2n) is 9.08. The molecule has 1 spiro atoms. The van der Waals surface area contributed by atoms with Crippen molar-refractivity contribution >= 4 is 46.8 Å². The predicted octanol–water partition coefficient (Wildman–Crippen LogP) is 2.92. The highest BCUT2D eigenvalue weighted by Crippen LogP contribution is 2.55. The summed E-state index contributed by atoms with van der Waals surface area (Å²) in [6, 6.07) is 3.32. The second-order valence-corrected chi connectivity index (χ2v) is 10.5. The van der Waals surface area contributed by atoms with Crippen LogP contribution in [0.15, 0.2) is 12.1 Å². The molecule has 0 bridgehead atoms. The molecule has 3 aliphatic heterocycles. The molecule has 3 heterocycles. The van der Waals surface area contributed by atoms with Gasteiger partial charge in [-0.05, 0) is 57.8 Å². The van der Waals surface area contributed by atoms with Gasteiger partial charge in [0.15, 0.2) is 0 Å². The van der Waals surface area contributed by atoms with E-state index in [2.05, 4.69) is 10.6 Å². The number of benzene rings is 1. The highest BCUT2D eigenvalue weighted by Gasteiger charge is 2.71. The van der Waals surface area contributed by atoms with Crippen molar-refractivity contribution in [2.75, 3.05) is 17.3 Å². The maximum Gasteiger partial charge on any atom is 0.250 e. The molecule has 0 aromatic heterocycles. The Morgan fingerprint density at radius 2 is 1.90 bits per heavy atom. The highest BCUT2D eigenvalue weighted by atomic mass is 35.5. The molecule has 0 aliphatic carbocycles. The monoisotopic (exact) mass is 435 g/mol. The number of nitrogens with one attached hydrogen (secondary N) is 2. The average Bonchev–Trinajstić information content (AvgIpc) is 3.21. The van der Waals surface area contributed by atoms with Crippen molar-refractivity contribution in [3.05, 3.63) is 28.3 Å². The average molecular weight is 436 g/mol. The van der Waals surface area contributed by atoms with Crippen LogP contribution in [0.5, 0.6) is 0 Å². The molecular formula is C21H26ClN3O3S. The Kier molecular flexibility index (Phi) is 4.80. The Hall–Kier alpha value is -1.57. The third-order valence-corrected chi connectivity index (χ3v) is 7.44. The number of fused-ring (bicyclic) bond motifs is 4. The van der Waals surface area contributed by atoms with E-state index in [9.17, 15) is 14.4 Å². The van der Waals surface area contributed by atoms with Crippen LogP contribution < -0.4 is 10.6 Å². The highest BCUT2D eigenvalue weighted by molar-refractivity contribution is 7.98. The van der Waals surface area contributed by atoms with Crippen LogP contribution in [0.4, 0.5) is 5.69 Å². The van der Waals surface area contributed by atoms with Crippen molar-refractivity contribution in [1.29, 1.82) is 0 Å². The molecule has 3 amide bonds. The summed E-state index contributed by atoms with van der Waals surface area (Å²) in [6.45, 7) is 7.41. The molecule has 3 aliphatic rings. The minimum absolute atomic E-state index is 0.185. The molecule has 2 N–H and O–H groups in total. The van der Waals surface area contributed by atoms with Gasteiger partial charge in [-0.3, -0.25) is 24.6 Å². The van der Waals surface area contributed by atoms with E-state index in [1.54, 1.807) is 23.9 Å². The van der Waals surface area contributed by atoms with Crippen LogP contribution in [-0.2, 0) is 19.9 Å². The first-order valence-corrected chi connectivity index (χ1v) is 11.6. The Morgan fingerprint density at radius 1 is 1.21 bits per heavy atom. The van der Waals surface area contributed by atoms with E-state index in [-0.39, 0.29) is 23.8 Å². The van der Waals surface area contributed by atoms with E-state index in [1.165, 1.54) is 4.90 Å². The molecule has 8 heteroatoms. The molecule has 4 rings (SSSR count). The predicted molar refractivity (Wildman–Crippen MR) is 115 cm³/mol. The zero-order chi connectivity index (χ0) is 21.3. The summed E-state index contributed by atoms with van der Waals surface area (Å²) >= 11 is 7.96. The Balaban J connectivity index is 1.90. The number of hydrogen-bond donors (Lipinski definition) is 2. The number of halogens is 1. The van der Waals surface area contributed by atoms with Crippen LogP contribution in [0.2, 0.25) is 5.02 Å². The molecule has 0 saturated carbocycles. The van der Waals surface area contributed by atoms with Crippen molar-refractivity contribution in [3.8, 4) is 0 Å². The summed E-state index contributed by atoms with van der Waals surface area (Å²) < 4.78 is 0. The van der Waals surface area contributed by atoms with E-state index in [0.717, 1.165) is 11.3 Å². The van der Waals surface area contributed by atoms with Crippen molar-refractivity contribution in [3.63, 3.8) is 0 Å². The zero-order valence-electron chi connectivity index (χ0n) is 17.3. The van der Waals surface area contributed by atoms with Crippen molar-refractivity contribution in [1.82, 2.24) is 10.2 Å². The number of hydrogen-bond acceptors (Lipinski definition) is 5. The minimum atomic E-state index is -1.24. The molecule has 156 valence electrons. The van der Waals surface area contributed by atoms with Crippen LogP contribution in [-0.4, -0.2) is 46.2 Å². The van der Waals surface area contributed by atoms with Gasteiger partial charge in [-0.1, -0.05) is 17.7 Å². The Bertz CT molecular complexity index is 928. The molecule has 1 aromatic rings. The lowest BCUT2D eigenvalue weighted by molar-refractivity contribution is -0.147. The third kappa shape index (κ3) is 2.70. The number of rotatable bonds is 3. The van der Waals surface area contributed by atoms with E-state index >= 15 is 0 Å². The normalized spacial score (nSPS) is 30.9. The topological polar surface area (TPSA) is 78.5 Å². The molecule has 4 unspecified atom stereocenters. The maximum atomic E-state index is 13.6. The lowest BCUT2D eigenvalue weighted by Gasteiger charge is -2.34. The molecular weight excluding hydrogens is 410 g/mol. The SMILES string of the molecule is CSCCC1NC2(C(=O)Nc3c2ccc(Cl)c3C)C2C(=O)N(C(C)(C)C)C(=O)C12. The van der Waals surface area contributed by atoms with E-state index in [1.807, 2.05) is 34.0 Å².